The molecule has 0 aliphatic carbocycles. The minimum atomic E-state index is -0.0471. The van der Waals surface area contributed by atoms with E-state index in [4.69, 9.17) is 32.9 Å². The van der Waals surface area contributed by atoms with Gasteiger partial charge in [0.1, 0.15) is 5.75 Å². The standard InChI is InChI=1S/C25H23Cl2N3O2S/c1-5-29-24(31)23(33-25(29)28-18-6-9-20(32-4)10-7-18)13-17-12-15(2)30(16(17)3)19-8-11-21(26)22(27)14-19/h6-14H,5H2,1-4H3. The van der Waals surface area contributed by atoms with Crippen LogP contribution in [0.15, 0.2) is 58.4 Å². The number of carbonyl (C=O) groups is 1. The first kappa shape index (κ1) is 23.5. The van der Waals surface area contributed by atoms with Crippen LogP contribution in [0.2, 0.25) is 10.0 Å². The monoisotopic (exact) mass is 499 g/mol. The molecule has 8 heteroatoms. The van der Waals surface area contributed by atoms with E-state index in [2.05, 4.69) is 10.6 Å². The minimum Gasteiger partial charge on any atom is -0.497 e. The van der Waals surface area contributed by atoms with Crippen molar-refractivity contribution in [1.82, 2.24) is 9.47 Å². The molecule has 33 heavy (non-hydrogen) atoms. The number of ether oxygens (including phenoxy) is 1. The summed E-state index contributed by atoms with van der Waals surface area (Å²) in [5.41, 5.74) is 4.70. The van der Waals surface area contributed by atoms with E-state index >= 15 is 0 Å². The maximum Gasteiger partial charge on any atom is 0.266 e. The van der Waals surface area contributed by atoms with Gasteiger partial charge in [0.05, 0.1) is 27.7 Å². The van der Waals surface area contributed by atoms with Crippen LogP contribution >= 0.6 is 35.0 Å². The van der Waals surface area contributed by atoms with E-state index < -0.39 is 0 Å². The molecule has 0 unspecified atom stereocenters. The quantitative estimate of drug-likeness (QED) is 0.353. The molecule has 1 amide bonds. The number of hydrogen-bond acceptors (Lipinski definition) is 4. The number of benzene rings is 2. The van der Waals surface area contributed by atoms with Gasteiger partial charge in [-0.3, -0.25) is 9.69 Å². The zero-order chi connectivity index (χ0) is 23.7. The molecule has 1 fully saturated rings. The maximum absolute atomic E-state index is 13.1. The van der Waals surface area contributed by atoms with Crippen molar-refractivity contribution in [3.05, 3.63) is 80.4 Å². The van der Waals surface area contributed by atoms with Crippen LogP contribution in [-0.4, -0.2) is 34.2 Å². The first-order valence-corrected chi connectivity index (χ1v) is 12.0. The summed E-state index contributed by atoms with van der Waals surface area (Å²) in [6, 6.07) is 15.1. The molecule has 1 aliphatic rings. The van der Waals surface area contributed by atoms with E-state index in [0.717, 1.165) is 34.1 Å². The van der Waals surface area contributed by atoms with Gasteiger partial charge >= 0.3 is 0 Å². The van der Waals surface area contributed by atoms with Crippen molar-refractivity contribution >= 4 is 57.8 Å². The van der Waals surface area contributed by atoms with E-state index in [1.54, 1.807) is 18.1 Å². The van der Waals surface area contributed by atoms with Gasteiger partial charge in [0.15, 0.2) is 5.17 Å². The Morgan fingerprint density at radius 2 is 1.79 bits per heavy atom. The zero-order valence-electron chi connectivity index (χ0n) is 18.7. The molecular weight excluding hydrogens is 477 g/mol. The third-order valence-corrected chi connectivity index (χ3v) is 7.17. The highest BCUT2D eigenvalue weighted by Crippen LogP contribution is 2.36. The zero-order valence-corrected chi connectivity index (χ0v) is 21.1. The fourth-order valence-corrected chi connectivity index (χ4v) is 5.08. The number of nitrogens with zero attached hydrogens (tertiary/aromatic N) is 3. The average molecular weight is 500 g/mol. The van der Waals surface area contributed by atoms with Crippen LogP contribution < -0.4 is 4.74 Å². The molecule has 5 nitrogen and oxygen atoms in total. The van der Waals surface area contributed by atoms with Gasteiger partial charge < -0.3 is 9.30 Å². The van der Waals surface area contributed by atoms with Crippen LogP contribution in [0.5, 0.6) is 5.75 Å². The van der Waals surface area contributed by atoms with Gasteiger partial charge in [0.25, 0.3) is 5.91 Å². The molecule has 0 saturated carbocycles. The average Bonchev–Trinajstić information content (AvgIpc) is 3.25. The van der Waals surface area contributed by atoms with Crippen molar-refractivity contribution in [2.45, 2.75) is 20.8 Å². The van der Waals surface area contributed by atoms with Gasteiger partial charge in [0, 0.05) is 23.6 Å². The normalized spacial score (nSPS) is 16.3. The van der Waals surface area contributed by atoms with Crippen LogP contribution in [0, 0.1) is 13.8 Å². The Hall–Kier alpha value is -2.67. The van der Waals surface area contributed by atoms with Gasteiger partial charge in [-0.25, -0.2) is 4.99 Å². The third kappa shape index (κ3) is 4.69. The lowest BCUT2D eigenvalue weighted by Gasteiger charge is -2.12. The molecule has 2 aromatic carbocycles. The van der Waals surface area contributed by atoms with Gasteiger partial charge in [-0.05, 0) is 92.7 Å². The molecule has 0 N–H and O–H groups in total. The van der Waals surface area contributed by atoms with Crippen molar-refractivity contribution in [3.63, 3.8) is 0 Å². The number of methoxy groups -OCH3 is 1. The lowest BCUT2D eigenvalue weighted by Crippen LogP contribution is -2.28. The molecule has 1 aliphatic heterocycles. The second kappa shape index (κ2) is 9.67. The van der Waals surface area contributed by atoms with Crippen LogP contribution in [0.1, 0.15) is 23.9 Å². The van der Waals surface area contributed by atoms with Gasteiger partial charge in [0.2, 0.25) is 0 Å². The summed E-state index contributed by atoms with van der Waals surface area (Å²) in [6.07, 6.45) is 1.93. The lowest BCUT2D eigenvalue weighted by molar-refractivity contribution is -0.122. The number of amides is 1. The number of amidine groups is 1. The molecular formula is C25H23Cl2N3O2S. The molecule has 0 bridgehead atoms. The number of hydrogen-bond donors (Lipinski definition) is 0. The molecule has 2 heterocycles. The Morgan fingerprint density at radius 3 is 2.42 bits per heavy atom. The van der Waals surface area contributed by atoms with E-state index in [1.165, 1.54) is 11.8 Å². The number of aryl methyl sites for hydroxylation is 1. The molecule has 3 aromatic rings. The molecule has 4 rings (SSSR count). The predicted molar refractivity (Wildman–Crippen MR) is 138 cm³/mol. The Labute approximate surface area is 207 Å². The summed E-state index contributed by atoms with van der Waals surface area (Å²) < 4.78 is 7.31. The molecule has 170 valence electrons. The summed E-state index contributed by atoms with van der Waals surface area (Å²) in [6.45, 7) is 6.54. The highest BCUT2D eigenvalue weighted by atomic mass is 35.5. The maximum atomic E-state index is 13.1. The summed E-state index contributed by atoms with van der Waals surface area (Å²) in [5, 5.41) is 1.68. The second-order valence-electron chi connectivity index (χ2n) is 7.51. The Bertz CT molecular complexity index is 1280. The SMILES string of the molecule is CCN1C(=O)C(=Cc2cc(C)n(-c3ccc(Cl)c(Cl)c3)c2C)SC1=Nc1ccc(OC)cc1. The highest BCUT2D eigenvalue weighted by molar-refractivity contribution is 8.18. The Kier molecular flexibility index (Phi) is 6.88. The van der Waals surface area contributed by atoms with E-state index in [9.17, 15) is 4.79 Å². The largest absolute Gasteiger partial charge is 0.497 e. The Balaban J connectivity index is 1.68. The van der Waals surface area contributed by atoms with Crippen molar-refractivity contribution in [1.29, 1.82) is 0 Å². The van der Waals surface area contributed by atoms with Crippen LogP contribution in [0.3, 0.4) is 0 Å². The number of likely N-dealkylation sites (N-methyl/N-ethyl adjacent to an activating group) is 1. The topological polar surface area (TPSA) is 46.8 Å². The van der Waals surface area contributed by atoms with E-state index in [1.807, 2.05) is 63.2 Å². The van der Waals surface area contributed by atoms with Crippen molar-refractivity contribution in [3.8, 4) is 11.4 Å². The van der Waals surface area contributed by atoms with E-state index in [-0.39, 0.29) is 5.91 Å². The predicted octanol–water partition coefficient (Wildman–Crippen LogP) is 7.03. The number of thioether (sulfide) groups is 1. The second-order valence-corrected chi connectivity index (χ2v) is 9.34. The fourth-order valence-electron chi connectivity index (χ4n) is 3.73. The van der Waals surface area contributed by atoms with Crippen LogP contribution in [-0.2, 0) is 4.79 Å². The molecule has 0 atom stereocenters. The number of rotatable bonds is 5. The molecule has 1 saturated heterocycles. The number of halogens is 2. The van der Waals surface area contributed by atoms with Crippen molar-refractivity contribution in [2.24, 2.45) is 4.99 Å². The Morgan fingerprint density at radius 1 is 1.06 bits per heavy atom. The minimum absolute atomic E-state index is 0.0471. The first-order chi connectivity index (χ1) is 15.8. The summed E-state index contributed by atoms with van der Waals surface area (Å²) in [5.74, 6) is 0.716. The fraction of sp³-hybridized carbons (Fsp3) is 0.200. The van der Waals surface area contributed by atoms with Crippen molar-refractivity contribution < 1.29 is 9.53 Å². The van der Waals surface area contributed by atoms with Gasteiger partial charge in [-0.15, -0.1) is 0 Å². The van der Waals surface area contributed by atoms with Gasteiger partial charge in [-0.1, -0.05) is 23.2 Å². The van der Waals surface area contributed by atoms with Crippen LogP contribution in [0.25, 0.3) is 11.8 Å². The molecule has 0 radical (unpaired) electrons. The summed E-state index contributed by atoms with van der Waals surface area (Å²) in [7, 11) is 1.63. The molecule has 1 aromatic heterocycles. The third-order valence-electron chi connectivity index (χ3n) is 5.42. The number of aliphatic imine (C=N–C) groups is 1. The van der Waals surface area contributed by atoms with Gasteiger partial charge in [-0.2, -0.15) is 0 Å². The number of carbonyl (C=O) groups excluding carboxylic acids is 1. The van der Waals surface area contributed by atoms with E-state index in [0.29, 0.717) is 26.7 Å². The number of aromatic nitrogens is 1. The smallest absolute Gasteiger partial charge is 0.266 e. The summed E-state index contributed by atoms with van der Waals surface area (Å²) >= 11 is 13.7. The summed E-state index contributed by atoms with van der Waals surface area (Å²) in [4.78, 5) is 20.1. The first-order valence-electron chi connectivity index (χ1n) is 10.4. The van der Waals surface area contributed by atoms with Crippen LogP contribution in [0.4, 0.5) is 5.69 Å². The molecule has 0 spiro atoms. The lowest BCUT2D eigenvalue weighted by atomic mass is 10.2. The van der Waals surface area contributed by atoms with Crippen molar-refractivity contribution in [2.75, 3.05) is 13.7 Å². The highest BCUT2D eigenvalue weighted by Gasteiger charge is 2.32.